The minimum Gasteiger partial charge on any atom is -0.381 e. The first kappa shape index (κ1) is 16.5. The van der Waals surface area contributed by atoms with Gasteiger partial charge in [0, 0.05) is 32.7 Å². The highest BCUT2D eigenvalue weighted by atomic mass is 35.5. The standard InChI is InChI=1S/C14H26ClN3O/c1-5-8-19-9-7-11(16-3)10-13-14(15)12(6-2)17-18(13)4/h11,16H,5-10H2,1-4H3. The largest absolute Gasteiger partial charge is 0.381 e. The van der Waals surface area contributed by atoms with Crippen molar-refractivity contribution < 1.29 is 4.74 Å². The van der Waals surface area contributed by atoms with Crippen LogP contribution in [0.4, 0.5) is 0 Å². The second kappa shape index (κ2) is 8.56. The molecule has 0 radical (unpaired) electrons. The first-order chi connectivity index (χ1) is 9.13. The first-order valence-corrected chi connectivity index (χ1v) is 7.47. The molecule has 0 saturated heterocycles. The fourth-order valence-electron chi connectivity index (χ4n) is 2.10. The predicted octanol–water partition coefficient (Wildman–Crippen LogP) is 2.58. The molecule has 0 fully saturated rings. The summed E-state index contributed by atoms with van der Waals surface area (Å²) in [7, 11) is 3.94. The van der Waals surface area contributed by atoms with Crippen LogP contribution in [0.2, 0.25) is 5.02 Å². The lowest BCUT2D eigenvalue weighted by molar-refractivity contribution is 0.125. The molecule has 0 aliphatic carbocycles. The van der Waals surface area contributed by atoms with E-state index in [1.54, 1.807) is 0 Å². The van der Waals surface area contributed by atoms with Crippen LogP contribution in [0.1, 0.15) is 38.1 Å². The summed E-state index contributed by atoms with van der Waals surface area (Å²) >= 11 is 6.37. The third-order valence-electron chi connectivity index (χ3n) is 3.31. The van der Waals surface area contributed by atoms with Crippen molar-refractivity contribution in [2.75, 3.05) is 20.3 Å². The molecule has 0 aliphatic rings. The Balaban J connectivity index is 2.57. The second-order valence-corrected chi connectivity index (χ2v) is 5.15. The van der Waals surface area contributed by atoms with Gasteiger partial charge in [-0.1, -0.05) is 25.4 Å². The van der Waals surface area contributed by atoms with E-state index in [2.05, 4.69) is 24.3 Å². The first-order valence-electron chi connectivity index (χ1n) is 7.09. The van der Waals surface area contributed by atoms with Crippen molar-refractivity contribution in [2.24, 2.45) is 7.05 Å². The SMILES string of the molecule is CCCOCCC(Cc1c(Cl)c(CC)nn1C)NC. The van der Waals surface area contributed by atoms with Crippen molar-refractivity contribution in [1.82, 2.24) is 15.1 Å². The third-order valence-corrected chi connectivity index (χ3v) is 3.75. The minimum absolute atomic E-state index is 0.370. The predicted molar refractivity (Wildman–Crippen MR) is 79.9 cm³/mol. The average molecular weight is 288 g/mol. The summed E-state index contributed by atoms with van der Waals surface area (Å²) in [5, 5.41) is 8.60. The molecule has 0 bridgehead atoms. The lowest BCUT2D eigenvalue weighted by Crippen LogP contribution is -2.30. The van der Waals surface area contributed by atoms with Crippen molar-refractivity contribution in [1.29, 1.82) is 0 Å². The molecule has 0 saturated carbocycles. The van der Waals surface area contributed by atoms with E-state index in [9.17, 15) is 0 Å². The number of aromatic nitrogens is 2. The van der Waals surface area contributed by atoms with Gasteiger partial charge in [0.2, 0.25) is 0 Å². The molecule has 1 N–H and O–H groups in total. The van der Waals surface area contributed by atoms with Gasteiger partial charge in [-0.3, -0.25) is 4.68 Å². The van der Waals surface area contributed by atoms with Gasteiger partial charge in [-0.05, 0) is 26.3 Å². The van der Waals surface area contributed by atoms with E-state index >= 15 is 0 Å². The summed E-state index contributed by atoms with van der Waals surface area (Å²) in [6.45, 7) is 5.82. The van der Waals surface area contributed by atoms with Crippen LogP contribution in [0.25, 0.3) is 0 Å². The van der Waals surface area contributed by atoms with E-state index in [1.165, 1.54) is 0 Å². The van der Waals surface area contributed by atoms with E-state index < -0.39 is 0 Å². The van der Waals surface area contributed by atoms with Crippen molar-refractivity contribution >= 4 is 11.6 Å². The van der Waals surface area contributed by atoms with Gasteiger partial charge in [-0.25, -0.2) is 0 Å². The van der Waals surface area contributed by atoms with Crippen LogP contribution >= 0.6 is 11.6 Å². The van der Waals surface area contributed by atoms with Gasteiger partial charge >= 0.3 is 0 Å². The Morgan fingerprint density at radius 2 is 2.11 bits per heavy atom. The monoisotopic (exact) mass is 287 g/mol. The molecule has 1 rings (SSSR count). The molecule has 1 unspecified atom stereocenters. The molecule has 5 heteroatoms. The number of ether oxygens (including phenoxy) is 1. The molecule has 0 aliphatic heterocycles. The molecule has 0 amide bonds. The van der Waals surface area contributed by atoms with E-state index in [0.717, 1.165) is 55.3 Å². The van der Waals surface area contributed by atoms with Gasteiger partial charge in [0.05, 0.1) is 16.4 Å². The smallest absolute Gasteiger partial charge is 0.0850 e. The summed E-state index contributed by atoms with van der Waals surface area (Å²) in [5.74, 6) is 0. The molecule has 1 atom stereocenters. The van der Waals surface area contributed by atoms with Crippen LogP contribution in [0.5, 0.6) is 0 Å². The van der Waals surface area contributed by atoms with Crippen molar-refractivity contribution in [2.45, 2.75) is 45.6 Å². The number of nitrogens with one attached hydrogen (secondary N) is 1. The Morgan fingerprint density at radius 3 is 2.63 bits per heavy atom. The summed E-state index contributed by atoms with van der Waals surface area (Å²) in [4.78, 5) is 0. The maximum Gasteiger partial charge on any atom is 0.0850 e. The molecule has 4 nitrogen and oxygen atoms in total. The maximum atomic E-state index is 6.37. The lowest BCUT2D eigenvalue weighted by atomic mass is 10.1. The third kappa shape index (κ3) is 4.79. The number of hydrogen-bond acceptors (Lipinski definition) is 3. The second-order valence-electron chi connectivity index (χ2n) is 4.78. The molecule has 1 aromatic heterocycles. The highest BCUT2D eigenvalue weighted by Crippen LogP contribution is 2.22. The fraction of sp³-hybridized carbons (Fsp3) is 0.786. The van der Waals surface area contributed by atoms with Crippen LogP contribution in [0.3, 0.4) is 0 Å². The number of halogens is 1. The van der Waals surface area contributed by atoms with Gasteiger partial charge in [0.15, 0.2) is 0 Å². The number of rotatable bonds is 9. The van der Waals surface area contributed by atoms with Gasteiger partial charge in [0.1, 0.15) is 0 Å². The van der Waals surface area contributed by atoms with Crippen LogP contribution in [-0.4, -0.2) is 36.1 Å². The Hall–Kier alpha value is -0.580. The lowest BCUT2D eigenvalue weighted by Gasteiger charge is -2.16. The van der Waals surface area contributed by atoms with E-state index in [4.69, 9.17) is 16.3 Å². The highest BCUT2D eigenvalue weighted by Gasteiger charge is 2.16. The van der Waals surface area contributed by atoms with Crippen molar-refractivity contribution in [3.05, 3.63) is 16.4 Å². The summed E-state index contributed by atoms with van der Waals surface area (Å²) in [5.41, 5.74) is 2.09. The number of hydrogen-bond donors (Lipinski definition) is 1. The Morgan fingerprint density at radius 1 is 1.37 bits per heavy atom. The van der Waals surface area contributed by atoms with E-state index in [1.807, 2.05) is 18.8 Å². The molecule has 0 spiro atoms. The van der Waals surface area contributed by atoms with Crippen molar-refractivity contribution in [3.63, 3.8) is 0 Å². The molecule has 110 valence electrons. The van der Waals surface area contributed by atoms with Crippen LogP contribution < -0.4 is 5.32 Å². The van der Waals surface area contributed by atoms with Crippen LogP contribution in [0, 0.1) is 0 Å². The van der Waals surface area contributed by atoms with Gasteiger partial charge in [-0.15, -0.1) is 0 Å². The summed E-state index contributed by atoms with van der Waals surface area (Å²) in [6.07, 6.45) is 3.81. The van der Waals surface area contributed by atoms with Gasteiger partial charge < -0.3 is 10.1 Å². The normalized spacial score (nSPS) is 12.9. The Bertz CT molecular complexity index is 379. The molecule has 19 heavy (non-hydrogen) atoms. The minimum atomic E-state index is 0.370. The van der Waals surface area contributed by atoms with Gasteiger partial charge in [0.25, 0.3) is 0 Å². The molecule has 1 aromatic rings. The van der Waals surface area contributed by atoms with Gasteiger partial charge in [-0.2, -0.15) is 5.10 Å². The fourth-order valence-corrected chi connectivity index (χ4v) is 2.47. The summed E-state index contributed by atoms with van der Waals surface area (Å²) in [6, 6.07) is 0.370. The Kier molecular flexibility index (Phi) is 7.42. The zero-order chi connectivity index (χ0) is 14.3. The highest BCUT2D eigenvalue weighted by molar-refractivity contribution is 6.31. The molecule has 0 aromatic carbocycles. The number of nitrogens with zero attached hydrogens (tertiary/aromatic N) is 2. The topological polar surface area (TPSA) is 39.1 Å². The zero-order valence-electron chi connectivity index (χ0n) is 12.5. The maximum absolute atomic E-state index is 6.37. The number of aryl methyl sites for hydroxylation is 2. The average Bonchev–Trinajstić information content (AvgIpc) is 2.69. The zero-order valence-corrected chi connectivity index (χ0v) is 13.3. The Labute approximate surface area is 121 Å². The number of likely N-dealkylation sites (N-methyl/N-ethyl adjacent to an activating group) is 1. The molecular weight excluding hydrogens is 262 g/mol. The van der Waals surface area contributed by atoms with Crippen LogP contribution in [0.15, 0.2) is 0 Å². The van der Waals surface area contributed by atoms with Crippen LogP contribution in [-0.2, 0) is 24.6 Å². The van der Waals surface area contributed by atoms with Crippen molar-refractivity contribution in [3.8, 4) is 0 Å². The van der Waals surface area contributed by atoms with E-state index in [0.29, 0.717) is 6.04 Å². The summed E-state index contributed by atoms with van der Waals surface area (Å²) < 4.78 is 7.45. The quantitative estimate of drug-likeness (QED) is 0.710. The molecule has 1 heterocycles. The van der Waals surface area contributed by atoms with E-state index in [-0.39, 0.29) is 0 Å². The molecular formula is C14H26ClN3O.